The molecule has 0 atom stereocenters. The van der Waals surface area contributed by atoms with Crippen molar-refractivity contribution in [1.29, 1.82) is 0 Å². The lowest BCUT2D eigenvalue weighted by molar-refractivity contribution is 0.306. The first-order valence-corrected chi connectivity index (χ1v) is 8.44. The van der Waals surface area contributed by atoms with Gasteiger partial charge in [0, 0.05) is 4.47 Å². The summed E-state index contributed by atoms with van der Waals surface area (Å²) >= 11 is 3.27. The number of benzene rings is 2. The van der Waals surface area contributed by atoms with E-state index in [1.54, 1.807) is 36.4 Å². The number of aliphatic hydroxyl groups is 1. The summed E-state index contributed by atoms with van der Waals surface area (Å²) < 4.78 is 27.4. The highest BCUT2D eigenvalue weighted by Crippen LogP contribution is 2.28. The normalized spacial score (nSPS) is 11.3. The summed E-state index contributed by atoms with van der Waals surface area (Å²) in [5.74, 6) is 0. The molecule has 0 fully saturated rings. The third-order valence-electron chi connectivity index (χ3n) is 2.91. The zero-order valence-corrected chi connectivity index (χ0v) is 13.5. The molecule has 0 aliphatic carbocycles. The third-order valence-corrected chi connectivity index (χ3v) is 5.27. The highest BCUT2D eigenvalue weighted by molar-refractivity contribution is 9.10. The van der Waals surface area contributed by atoms with Gasteiger partial charge in [-0.1, -0.05) is 28.1 Å². The van der Waals surface area contributed by atoms with Crippen LogP contribution in [0.4, 0.5) is 11.4 Å². The first kappa shape index (κ1) is 15.8. The molecule has 5 nitrogen and oxygen atoms in total. The lowest BCUT2D eigenvalue weighted by Crippen LogP contribution is -2.34. The Morgan fingerprint density at radius 3 is 2.29 bits per heavy atom. The monoisotopic (exact) mass is 370 g/mol. The van der Waals surface area contributed by atoms with E-state index in [0.29, 0.717) is 11.4 Å². The van der Waals surface area contributed by atoms with Gasteiger partial charge < -0.3 is 10.8 Å². The Hall–Kier alpha value is -1.57. The first-order valence-electron chi connectivity index (χ1n) is 6.20. The number of sulfonamides is 1. The average molecular weight is 371 g/mol. The third kappa shape index (κ3) is 3.37. The second-order valence-corrected chi connectivity index (χ2v) is 7.09. The summed E-state index contributed by atoms with van der Waals surface area (Å²) in [4.78, 5) is 0.141. The molecular weight excluding hydrogens is 356 g/mol. The molecule has 7 heteroatoms. The Kier molecular flexibility index (Phi) is 4.87. The fourth-order valence-corrected chi connectivity index (χ4v) is 3.66. The smallest absolute Gasteiger partial charge is 0.264 e. The average Bonchev–Trinajstić information content (AvgIpc) is 2.46. The fourth-order valence-electron chi connectivity index (χ4n) is 1.91. The predicted octanol–water partition coefficient (Wildman–Crippen LogP) is 2.22. The molecule has 0 amide bonds. The summed E-state index contributed by atoms with van der Waals surface area (Å²) in [6.07, 6.45) is 0. The number of aliphatic hydroxyl groups excluding tert-OH is 1. The van der Waals surface area contributed by atoms with Gasteiger partial charge in [0.1, 0.15) is 0 Å². The quantitative estimate of drug-likeness (QED) is 0.790. The maximum absolute atomic E-state index is 12.7. The van der Waals surface area contributed by atoms with Crippen LogP contribution in [0.25, 0.3) is 0 Å². The van der Waals surface area contributed by atoms with Gasteiger partial charge in [-0.05, 0) is 36.4 Å². The number of halogens is 1. The van der Waals surface area contributed by atoms with Crippen LogP contribution in [0.15, 0.2) is 57.9 Å². The SMILES string of the molecule is Nc1ccccc1N(CCO)S(=O)(=O)c1ccc(Br)cc1. The van der Waals surface area contributed by atoms with Crippen LogP contribution in [0.5, 0.6) is 0 Å². The van der Waals surface area contributed by atoms with Gasteiger partial charge in [-0.15, -0.1) is 0 Å². The molecule has 0 bridgehead atoms. The van der Waals surface area contributed by atoms with Crippen molar-refractivity contribution in [2.45, 2.75) is 4.90 Å². The minimum absolute atomic E-state index is 0.0629. The zero-order valence-electron chi connectivity index (χ0n) is 11.1. The minimum Gasteiger partial charge on any atom is -0.397 e. The molecule has 2 aromatic carbocycles. The molecule has 0 aliphatic rings. The number of rotatable bonds is 5. The van der Waals surface area contributed by atoms with Crippen LogP contribution >= 0.6 is 15.9 Å². The molecule has 0 radical (unpaired) electrons. The molecular formula is C14H15BrN2O3S. The molecule has 2 aromatic rings. The van der Waals surface area contributed by atoms with Gasteiger partial charge in [0.05, 0.1) is 29.4 Å². The number of nitrogen functional groups attached to an aromatic ring is 1. The molecule has 3 N–H and O–H groups in total. The highest BCUT2D eigenvalue weighted by atomic mass is 79.9. The van der Waals surface area contributed by atoms with Crippen molar-refractivity contribution in [2.24, 2.45) is 0 Å². The van der Waals surface area contributed by atoms with Crippen molar-refractivity contribution in [3.05, 3.63) is 53.0 Å². The largest absolute Gasteiger partial charge is 0.397 e. The predicted molar refractivity (Wildman–Crippen MR) is 86.6 cm³/mol. The summed E-state index contributed by atoms with van der Waals surface area (Å²) in [5.41, 5.74) is 6.55. The maximum atomic E-state index is 12.7. The van der Waals surface area contributed by atoms with Crippen LogP contribution in [-0.2, 0) is 10.0 Å². The Bertz CT molecular complexity index is 717. The summed E-state index contributed by atoms with van der Waals surface area (Å²) in [6.45, 7) is -0.364. The Morgan fingerprint density at radius 2 is 1.71 bits per heavy atom. The summed E-state index contributed by atoms with van der Waals surface area (Å²) in [7, 11) is -3.78. The van der Waals surface area contributed by atoms with E-state index in [-0.39, 0.29) is 18.0 Å². The molecule has 0 saturated carbocycles. The second kappa shape index (κ2) is 6.46. The number of anilines is 2. The van der Waals surface area contributed by atoms with Gasteiger partial charge in [-0.3, -0.25) is 4.31 Å². The first-order chi connectivity index (χ1) is 9.96. The number of hydrogen-bond acceptors (Lipinski definition) is 4. The van der Waals surface area contributed by atoms with Gasteiger partial charge in [0.2, 0.25) is 0 Å². The number of nitrogens with zero attached hydrogens (tertiary/aromatic N) is 1. The van der Waals surface area contributed by atoms with Crippen LogP contribution in [-0.4, -0.2) is 26.7 Å². The van der Waals surface area contributed by atoms with Gasteiger partial charge in [0.15, 0.2) is 0 Å². The van der Waals surface area contributed by atoms with E-state index in [4.69, 9.17) is 5.73 Å². The lowest BCUT2D eigenvalue weighted by atomic mass is 10.3. The van der Waals surface area contributed by atoms with Crippen molar-refractivity contribution >= 4 is 37.3 Å². The van der Waals surface area contributed by atoms with E-state index in [1.807, 2.05) is 0 Å². The van der Waals surface area contributed by atoms with E-state index in [2.05, 4.69) is 15.9 Å². The van der Waals surface area contributed by atoms with E-state index < -0.39 is 10.0 Å². The molecule has 0 heterocycles. The maximum Gasteiger partial charge on any atom is 0.264 e. The summed E-state index contributed by atoms with van der Waals surface area (Å²) in [5, 5.41) is 9.19. The molecule has 112 valence electrons. The van der Waals surface area contributed by atoms with E-state index in [1.165, 1.54) is 12.1 Å². The topological polar surface area (TPSA) is 83.6 Å². The van der Waals surface area contributed by atoms with Crippen LogP contribution in [0, 0.1) is 0 Å². The van der Waals surface area contributed by atoms with E-state index >= 15 is 0 Å². The minimum atomic E-state index is -3.78. The van der Waals surface area contributed by atoms with Crippen molar-refractivity contribution in [3.63, 3.8) is 0 Å². The van der Waals surface area contributed by atoms with Crippen molar-refractivity contribution in [1.82, 2.24) is 0 Å². The van der Waals surface area contributed by atoms with Crippen LogP contribution in [0.1, 0.15) is 0 Å². The van der Waals surface area contributed by atoms with Crippen molar-refractivity contribution in [3.8, 4) is 0 Å². The van der Waals surface area contributed by atoms with E-state index in [0.717, 1.165) is 8.78 Å². The van der Waals surface area contributed by atoms with Gasteiger partial charge in [-0.2, -0.15) is 0 Å². The van der Waals surface area contributed by atoms with Gasteiger partial charge in [-0.25, -0.2) is 8.42 Å². The number of nitrogens with two attached hydrogens (primary N) is 1. The second-order valence-electron chi connectivity index (χ2n) is 4.31. The summed E-state index contributed by atoms with van der Waals surface area (Å²) in [6, 6.07) is 13.0. The molecule has 0 spiro atoms. The number of hydrogen-bond donors (Lipinski definition) is 2. The van der Waals surface area contributed by atoms with Crippen LogP contribution in [0.3, 0.4) is 0 Å². The molecule has 0 unspecified atom stereocenters. The fraction of sp³-hybridized carbons (Fsp3) is 0.143. The molecule has 0 saturated heterocycles. The molecule has 0 aliphatic heterocycles. The Balaban J connectivity index is 2.51. The highest BCUT2D eigenvalue weighted by Gasteiger charge is 2.25. The van der Waals surface area contributed by atoms with E-state index in [9.17, 15) is 13.5 Å². The standard InChI is InChI=1S/C14H15BrN2O3S/c15-11-5-7-12(8-6-11)21(19,20)17(9-10-18)14-4-2-1-3-13(14)16/h1-8,18H,9-10,16H2. The Morgan fingerprint density at radius 1 is 1.10 bits per heavy atom. The van der Waals surface area contributed by atoms with Gasteiger partial charge in [0.25, 0.3) is 10.0 Å². The van der Waals surface area contributed by atoms with Crippen LogP contribution < -0.4 is 10.0 Å². The number of para-hydroxylation sites is 2. The Labute approximate surface area is 132 Å². The van der Waals surface area contributed by atoms with Crippen molar-refractivity contribution in [2.75, 3.05) is 23.2 Å². The lowest BCUT2D eigenvalue weighted by Gasteiger charge is -2.25. The van der Waals surface area contributed by atoms with Gasteiger partial charge >= 0.3 is 0 Å². The molecule has 0 aromatic heterocycles. The molecule has 2 rings (SSSR count). The van der Waals surface area contributed by atoms with Crippen LogP contribution in [0.2, 0.25) is 0 Å². The van der Waals surface area contributed by atoms with Crippen molar-refractivity contribution < 1.29 is 13.5 Å². The molecule has 21 heavy (non-hydrogen) atoms. The zero-order chi connectivity index (χ0) is 15.5.